The minimum Gasteiger partial charge on any atom is -0.345 e. The van der Waals surface area contributed by atoms with Crippen LogP contribution in [0.1, 0.15) is 36.2 Å². The molecule has 5 heteroatoms. The molecule has 1 aliphatic heterocycles. The second kappa shape index (κ2) is 8.13. The van der Waals surface area contributed by atoms with Gasteiger partial charge in [-0.25, -0.2) is 0 Å². The first-order valence-corrected chi connectivity index (χ1v) is 9.05. The molecule has 2 heterocycles. The predicted molar refractivity (Wildman–Crippen MR) is 100 cm³/mol. The number of pyridine rings is 1. The summed E-state index contributed by atoms with van der Waals surface area (Å²) in [4.78, 5) is 32.7. The number of nitrogens with zero attached hydrogens (tertiary/aromatic N) is 3. The Balaban J connectivity index is 1.68. The summed E-state index contributed by atoms with van der Waals surface area (Å²) in [6, 6.07) is 13.7. The van der Waals surface area contributed by atoms with Crippen molar-refractivity contribution in [3.63, 3.8) is 0 Å². The van der Waals surface area contributed by atoms with Gasteiger partial charge < -0.3 is 9.80 Å². The lowest BCUT2D eigenvalue weighted by Gasteiger charge is -2.37. The Labute approximate surface area is 154 Å². The number of aromatic nitrogens is 1. The van der Waals surface area contributed by atoms with E-state index in [1.807, 2.05) is 48.3 Å². The van der Waals surface area contributed by atoms with Crippen LogP contribution in [0, 0.1) is 0 Å². The molecule has 0 bridgehead atoms. The molecule has 0 radical (unpaired) electrons. The van der Waals surface area contributed by atoms with Gasteiger partial charge in [0.2, 0.25) is 11.8 Å². The van der Waals surface area contributed by atoms with Crippen LogP contribution < -0.4 is 0 Å². The van der Waals surface area contributed by atoms with Gasteiger partial charge in [0.1, 0.15) is 0 Å². The fourth-order valence-electron chi connectivity index (χ4n) is 3.52. The van der Waals surface area contributed by atoms with Crippen molar-refractivity contribution >= 4 is 11.8 Å². The Morgan fingerprint density at radius 2 is 1.96 bits per heavy atom. The van der Waals surface area contributed by atoms with Gasteiger partial charge in [-0.05, 0) is 29.7 Å². The van der Waals surface area contributed by atoms with Crippen LogP contribution in [0.25, 0.3) is 0 Å². The number of carbonyl (C=O) groups excluding carboxylic acids is 2. The van der Waals surface area contributed by atoms with Gasteiger partial charge in [-0.2, -0.15) is 0 Å². The molecular formula is C21H25N3O2. The fraction of sp³-hybridized carbons (Fsp3) is 0.381. The van der Waals surface area contributed by atoms with Gasteiger partial charge in [-0.15, -0.1) is 0 Å². The molecule has 1 unspecified atom stereocenters. The van der Waals surface area contributed by atoms with Crippen molar-refractivity contribution in [3.05, 3.63) is 65.5 Å². The van der Waals surface area contributed by atoms with Crippen LogP contribution in [0.5, 0.6) is 0 Å². The van der Waals surface area contributed by atoms with Crippen LogP contribution in [-0.4, -0.2) is 46.7 Å². The molecule has 1 aliphatic rings. The monoisotopic (exact) mass is 351 g/mol. The van der Waals surface area contributed by atoms with E-state index in [0.717, 1.165) is 24.1 Å². The molecular weight excluding hydrogens is 326 g/mol. The Bertz CT molecular complexity index is 776. The average Bonchev–Trinajstić information content (AvgIpc) is 2.66. The van der Waals surface area contributed by atoms with Crippen molar-refractivity contribution in [2.45, 2.75) is 32.2 Å². The third kappa shape index (κ3) is 4.10. The first kappa shape index (κ1) is 18.1. The molecule has 26 heavy (non-hydrogen) atoms. The number of likely N-dealkylation sites (N-methyl/N-ethyl adjacent to an activating group) is 1. The SMILES string of the molecule is CC(=O)N1CCc2ccccc2C1CC(=O)N(C)CCc1ccccn1. The summed E-state index contributed by atoms with van der Waals surface area (Å²) in [5.74, 6) is 0.0716. The molecule has 2 amide bonds. The smallest absolute Gasteiger partial charge is 0.224 e. The van der Waals surface area contributed by atoms with Crippen molar-refractivity contribution < 1.29 is 9.59 Å². The van der Waals surface area contributed by atoms with Crippen LogP contribution in [0.15, 0.2) is 48.7 Å². The highest BCUT2D eigenvalue weighted by Crippen LogP contribution is 2.32. The quantitative estimate of drug-likeness (QED) is 0.832. The zero-order valence-electron chi connectivity index (χ0n) is 15.4. The molecule has 0 N–H and O–H groups in total. The number of benzene rings is 1. The van der Waals surface area contributed by atoms with Crippen molar-refractivity contribution in [2.75, 3.05) is 20.1 Å². The first-order valence-electron chi connectivity index (χ1n) is 9.05. The number of rotatable bonds is 5. The standard InChI is InChI=1S/C21H25N3O2/c1-16(25)24-14-10-17-7-3-4-9-19(17)20(24)15-21(26)23(2)13-11-18-8-5-6-12-22-18/h3-9,12,20H,10-11,13-15H2,1-2H3. The minimum atomic E-state index is -0.178. The third-order valence-electron chi connectivity index (χ3n) is 5.04. The maximum atomic E-state index is 12.8. The third-order valence-corrected chi connectivity index (χ3v) is 5.04. The zero-order chi connectivity index (χ0) is 18.5. The van der Waals surface area contributed by atoms with Crippen LogP contribution >= 0.6 is 0 Å². The molecule has 0 saturated heterocycles. The van der Waals surface area contributed by atoms with Crippen LogP contribution in [0.4, 0.5) is 0 Å². The summed E-state index contributed by atoms with van der Waals surface area (Å²) in [7, 11) is 1.82. The topological polar surface area (TPSA) is 53.5 Å². The Morgan fingerprint density at radius 1 is 1.19 bits per heavy atom. The van der Waals surface area contributed by atoms with Gasteiger partial charge in [-0.3, -0.25) is 14.6 Å². The van der Waals surface area contributed by atoms with Crippen molar-refractivity contribution in [2.24, 2.45) is 0 Å². The van der Waals surface area contributed by atoms with Crippen LogP contribution in [0.3, 0.4) is 0 Å². The fourth-order valence-corrected chi connectivity index (χ4v) is 3.52. The summed E-state index contributed by atoms with van der Waals surface area (Å²) >= 11 is 0. The van der Waals surface area contributed by atoms with E-state index in [2.05, 4.69) is 11.1 Å². The second-order valence-electron chi connectivity index (χ2n) is 6.77. The van der Waals surface area contributed by atoms with Crippen molar-refractivity contribution in [3.8, 4) is 0 Å². The van der Waals surface area contributed by atoms with Gasteiger partial charge in [0, 0.05) is 45.4 Å². The summed E-state index contributed by atoms with van der Waals surface area (Å²) < 4.78 is 0. The lowest BCUT2D eigenvalue weighted by molar-refractivity contribution is -0.136. The molecule has 1 aromatic carbocycles. The molecule has 5 nitrogen and oxygen atoms in total. The van der Waals surface area contributed by atoms with Gasteiger partial charge in [0.05, 0.1) is 12.5 Å². The summed E-state index contributed by atoms with van der Waals surface area (Å²) in [5, 5.41) is 0. The number of hydrogen-bond acceptors (Lipinski definition) is 3. The zero-order valence-corrected chi connectivity index (χ0v) is 15.4. The molecule has 1 atom stereocenters. The van der Waals surface area contributed by atoms with Crippen LogP contribution in [-0.2, 0) is 22.4 Å². The normalized spacial score (nSPS) is 16.1. The number of fused-ring (bicyclic) bond motifs is 1. The van der Waals surface area contributed by atoms with E-state index in [1.54, 1.807) is 18.0 Å². The van der Waals surface area contributed by atoms with E-state index in [1.165, 1.54) is 5.56 Å². The molecule has 0 fully saturated rings. The summed E-state index contributed by atoms with van der Waals surface area (Å²) in [5.41, 5.74) is 3.31. The maximum absolute atomic E-state index is 12.8. The van der Waals surface area contributed by atoms with Crippen molar-refractivity contribution in [1.82, 2.24) is 14.8 Å². The van der Waals surface area contributed by atoms with Gasteiger partial charge >= 0.3 is 0 Å². The Morgan fingerprint density at radius 3 is 2.69 bits per heavy atom. The lowest BCUT2D eigenvalue weighted by Crippen LogP contribution is -2.41. The van der Waals surface area contributed by atoms with Gasteiger partial charge in [0.25, 0.3) is 0 Å². The van der Waals surface area contributed by atoms with E-state index in [9.17, 15) is 9.59 Å². The largest absolute Gasteiger partial charge is 0.345 e. The minimum absolute atomic E-state index is 0.0217. The van der Waals surface area contributed by atoms with E-state index >= 15 is 0 Å². The lowest BCUT2D eigenvalue weighted by atomic mass is 9.90. The number of amides is 2. The molecule has 2 aromatic rings. The molecule has 1 aromatic heterocycles. The Kier molecular flexibility index (Phi) is 5.66. The second-order valence-corrected chi connectivity index (χ2v) is 6.77. The predicted octanol–water partition coefficient (Wildman–Crippen LogP) is 2.62. The molecule has 0 spiro atoms. The summed E-state index contributed by atoms with van der Waals surface area (Å²) in [6.45, 7) is 2.86. The highest BCUT2D eigenvalue weighted by Gasteiger charge is 2.31. The number of carbonyl (C=O) groups is 2. The van der Waals surface area contributed by atoms with E-state index < -0.39 is 0 Å². The molecule has 0 saturated carbocycles. The Hall–Kier alpha value is -2.69. The van der Waals surface area contributed by atoms with E-state index in [0.29, 0.717) is 19.5 Å². The molecule has 136 valence electrons. The molecule has 3 rings (SSSR count). The molecule has 0 aliphatic carbocycles. The van der Waals surface area contributed by atoms with E-state index in [4.69, 9.17) is 0 Å². The van der Waals surface area contributed by atoms with Gasteiger partial charge in [-0.1, -0.05) is 30.3 Å². The average molecular weight is 351 g/mol. The summed E-state index contributed by atoms with van der Waals surface area (Å²) in [6.07, 6.45) is 3.65. The maximum Gasteiger partial charge on any atom is 0.224 e. The highest BCUT2D eigenvalue weighted by molar-refractivity contribution is 5.79. The first-order chi connectivity index (χ1) is 12.6. The van der Waals surface area contributed by atoms with Crippen LogP contribution in [0.2, 0.25) is 0 Å². The highest BCUT2D eigenvalue weighted by atomic mass is 16.2. The van der Waals surface area contributed by atoms with Gasteiger partial charge in [0.15, 0.2) is 0 Å². The van der Waals surface area contributed by atoms with E-state index in [-0.39, 0.29) is 17.9 Å². The van der Waals surface area contributed by atoms with Crippen molar-refractivity contribution in [1.29, 1.82) is 0 Å². The number of hydrogen-bond donors (Lipinski definition) is 0.